The fourth-order valence-corrected chi connectivity index (χ4v) is 2.00. The van der Waals surface area contributed by atoms with Crippen molar-refractivity contribution in [3.8, 4) is 0 Å². The standard InChI is InChI=1S/C11H9Cl2NO2S/c12-6-1-2-8-7(5-6)10(14-3-4-17)9(13)11(15)16-8/h1-2,5,14,17H,3-4H2. The summed E-state index contributed by atoms with van der Waals surface area (Å²) in [6.07, 6.45) is 0. The van der Waals surface area contributed by atoms with E-state index in [9.17, 15) is 4.79 Å². The van der Waals surface area contributed by atoms with Gasteiger partial charge in [0.15, 0.2) is 0 Å². The molecule has 1 N–H and O–H groups in total. The van der Waals surface area contributed by atoms with E-state index in [1.165, 1.54) is 0 Å². The molecule has 0 aliphatic rings. The first-order valence-corrected chi connectivity index (χ1v) is 6.29. The Morgan fingerprint density at radius 2 is 2.12 bits per heavy atom. The van der Waals surface area contributed by atoms with Crippen LogP contribution in [0, 0.1) is 0 Å². The predicted molar refractivity (Wildman–Crippen MR) is 74.8 cm³/mol. The van der Waals surface area contributed by atoms with Gasteiger partial charge >= 0.3 is 5.63 Å². The summed E-state index contributed by atoms with van der Waals surface area (Å²) in [5.41, 5.74) is 0.420. The lowest BCUT2D eigenvalue weighted by Gasteiger charge is -2.09. The lowest BCUT2D eigenvalue weighted by Crippen LogP contribution is -2.09. The molecule has 0 bridgehead atoms. The Hall–Kier alpha value is -0.840. The van der Waals surface area contributed by atoms with Gasteiger partial charge in [0, 0.05) is 22.7 Å². The monoisotopic (exact) mass is 289 g/mol. The highest BCUT2D eigenvalue weighted by Gasteiger charge is 2.12. The van der Waals surface area contributed by atoms with Crippen LogP contribution in [0.2, 0.25) is 10.0 Å². The van der Waals surface area contributed by atoms with Crippen molar-refractivity contribution in [2.45, 2.75) is 0 Å². The van der Waals surface area contributed by atoms with Crippen molar-refractivity contribution in [3.05, 3.63) is 38.7 Å². The highest BCUT2D eigenvalue weighted by molar-refractivity contribution is 7.80. The molecular formula is C11H9Cl2NO2S. The molecule has 0 unspecified atom stereocenters. The fourth-order valence-electron chi connectivity index (χ4n) is 1.51. The van der Waals surface area contributed by atoms with E-state index in [2.05, 4.69) is 17.9 Å². The molecule has 0 spiro atoms. The highest BCUT2D eigenvalue weighted by Crippen LogP contribution is 2.30. The van der Waals surface area contributed by atoms with Gasteiger partial charge < -0.3 is 9.73 Å². The lowest BCUT2D eigenvalue weighted by molar-refractivity contribution is 0.562. The summed E-state index contributed by atoms with van der Waals surface area (Å²) in [6.45, 7) is 0.591. The van der Waals surface area contributed by atoms with E-state index in [1.807, 2.05) is 0 Å². The summed E-state index contributed by atoms with van der Waals surface area (Å²) in [4.78, 5) is 11.5. The number of rotatable bonds is 3. The third-order valence-corrected chi connectivity index (χ3v) is 3.03. The lowest BCUT2D eigenvalue weighted by atomic mass is 10.2. The summed E-state index contributed by atoms with van der Waals surface area (Å²) < 4.78 is 5.06. The summed E-state index contributed by atoms with van der Waals surface area (Å²) in [7, 11) is 0. The van der Waals surface area contributed by atoms with Crippen LogP contribution in [-0.2, 0) is 0 Å². The second kappa shape index (κ2) is 5.21. The first kappa shape index (κ1) is 12.6. The van der Waals surface area contributed by atoms with Crippen LogP contribution >= 0.6 is 35.8 Å². The second-order valence-electron chi connectivity index (χ2n) is 3.37. The maximum atomic E-state index is 11.5. The number of fused-ring (bicyclic) bond motifs is 1. The minimum Gasteiger partial charge on any atom is -0.422 e. The average molecular weight is 290 g/mol. The summed E-state index contributed by atoms with van der Waals surface area (Å²) in [5, 5.41) is 4.31. The molecular weight excluding hydrogens is 281 g/mol. The number of thiol groups is 1. The maximum Gasteiger partial charge on any atom is 0.357 e. The number of hydrogen-bond acceptors (Lipinski definition) is 4. The predicted octanol–water partition coefficient (Wildman–Crippen LogP) is 3.44. The van der Waals surface area contributed by atoms with Crippen LogP contribution in [0.5, 0.6) is 0 Å². The van der Waals surface area contributed by atoms with Crippen molar-refractivity contribution in [2.24, 2.45) is 0 Å². The molecule has 6 heteroatoms. The van der Waals surface area contributed by atoms with E-state index in [0.29, 0.717) is 34.0 Å². The average Bonchev–Trinajstić information content (AvgIpc) is 2.31. The van der Waals surface area contributed by atoms with Crippen LogP contribution < -0.4 is 10.9 Å². The molecule has 0 atom stereocenters. The number of halogens is 2. The number of benzene rings is 1. The highest BCUT2D eigenvalue weighted by atomic mass is 35.5. The van der Waals surface area contributed by atoms with Gasteiger partial charge in [-0.3, -0.25) is 0 Å². The van der Waals surface area contributed by atoms with Crippen molar-refractivity contribution >= 4 is 52.5 Å². The topological polar surface area (TPSA) is 42.2 Å². The molecule has 0 aliphatic carbocycles. The Labute approximate surface area is 113 Å². The maximum absolute atomic E-state index is 11.5. The molecule has 0 saturated carbocycles. The van der Waals surface area contributed by atoms with Crippen LogP contribution in [-0.4, -0.2) is 12.3 Å². The van der Waals surface area contributed by atoms with Crippen LogP contribution in [0.4, 0.5) is 5.69 Å². The van der Waals surface area contributed by atoms with Gasteiger partial charge in [0.05, 0.1) is 5.69 Å². The van der Waals surface area contributed by atoms with E-state index < -0.39 is 5.63 Å². The van der Waals surface area contributed by atoms with Gasteiger partial charge in [-0.15, -0.1) is 0 Å². The van der Waals surface area contributed by atoms with Crippen LogP contribution in [0.15, 0.2) is 27.4 Å². The van der Waals surface area contributed by atoms with Crippen molar-refractivity contribution in [3.63, 3.8) is 0 Å². The van der Waals surface area contributed by atoms with Crippen LogP contribution in [0.3, 0.4) is 0 Å². The zero-order chi connectivity index (χ0) is 12.4. The van der Waals surface area contributed by atoms with Crippen molar-refractivity contribution < 1.29 is 4.42 Å². The first-order chi connectivity index (χ1) is 8.13. The zero-order valence-corrected chi connectivity index (χ0v) is 11.1. The van der Waals surface area contributed by atoms with Gasteiger partial charge in [-0.25, -0.2) is 4.79 Å². The minimum atomic E-state index is -0.567. The smallest absolute Gasteiger partial charge is 0.357 e. The Morgan fingerprint density at radius 3 is 2.82 bits per heavy atom. The van der Waals surface area contributed by atoms with Crippen LogP contribution in [0.1, 0.15) is 0 Å². The van der Waals surface area contributed by atoms with Crippen molar-refractivity contribution in [2.75, 3.05) is 17.6 Å². The molecule has 2 aromatic rings. The van der Waals surface area contributed by atoms with Gasteiger partial charge in [0.1, 0.15) is 10.6 Å². The number of nitrogens with one attached hydrogen (secondary N) is 1. The zero-order valence-electron chi connectivity index (χ0n) is 8.67. The summed E-state index contributed by atoms with van der Waals surface area (Å²) in [6, 6.07) is 5.00. The molecule has 1 aromatic heterocycles. The van der Waals surface area contributed by atoms with Crippen LogP contribution in [0.25, 0.3) is 11.0 Å². The van der Waals surface area contributed by atoms with Gasteiger partial charge in [-0.1, -0.05) is 23.2 Å². The van der Waals surface area contributed by atoms with E-state index in [-0.39, 0.29) is 5.02 Å². The largest absolute Gasteiger partial charge is 0.422 e. The normalized spacial score (nSPS) is 10.8. The van der Waals surface area contributed by atoms with E-state index in [1.54, 1.807) is 18.2 Å². The third kappa shape index (κ3) is 2.54. The molecule has 0 aliphatic heterocycles. The molecule has 90 valence electrons. The van der Waals surface area contributed by atoms with E-state index in [4.69, 9.17) is 27.6 Å². The van der Waals surface area contributed by atoms with Crippen molar-refractivity contribution in [1.82, 2.24) is 0 Å². The summed E-state index contributed by atoms with van der Waals surface area (Å²) >= 11 is 15.9. The number of hydrogen-bond donors (Lipinski definition) is 2. The molecule has 1 heterocycles. The first-order valence-electron chi connectivity index (χ1n) is 4.90. The Balaban J connectivity index is 2.70. The molecule has 2 rings (SSSR count). The SMILES string of the molecule is O=c1oc2ccc(Cl)cc2c(NCCS)c1Cl. The quantitative estimate of drug-likeness (QED) is 0.672. The van der Waals surface area contributed by atoms with Gasteiger partial charge in [0.25, 0.3) is 0 Å². The van der Waals surface area contributed by atoms with Gasteiger partial charge in [-0.05, 0) is 18.2 Å². The molecule has 0 fully saturated rings. The Bertz CT molecular complexity index is 612. The Morgan fingerprint density at radius 1 is 1.35 bits per heavy atom. The fraction of sp³-hybridized carbons (Fsp3) is 0.182. The molecule has 0 amide bonds. The van der Waals surface area contributed by atoms with E-state index in [0.717, 1.165) is 0 Å². The second-order valence-corrected chi connectivity index (χ2v) is 4.63. The molecule has 3 nitrogen and oxygen atoms in total. The van der Waals surface area contributed by atoms with Gasteiger partial charge in [0.2, 0.25) is 0 Å². The Kier molecular flexibility index (Phi) is 3.86. The van der Waals surface area contributed by atoms with Crippen molar-refractivity contribution in [1.29, 1.82) is 0 Å². The van der Waals surface area contributed by atoms with Gasteiger partial charge in [-0.2, -0.15) is 12.6 Å². The molecule has 0 radical (unpaired) electrons. The molecule has 17 heavy (non-hydrogen) atoms. The third-order valence-electron chi connectivity index (χ3n) is 2.23. The van der Waals surface area contributed by atoms with E-state index >= 15 is 0 Å². The molecule has 1 aromatic carbocycles. The minimum absolute atomic E-state index is 0.0292. The number of anilines is 1. The molecule has 0 saturated heterocycles. The summed E-state index contributed by atoms with van der Waals surface area (Å²) in [5.74, 6) is 0.624.